The quantitative estimate of drug-likeness (QED) is 0.613. The molecule has 1 aromatic carbocycles. The van der Waals surface area contributed by atoms with Gasteiger partial charge in [0.2, 0.25) is 5.88 Å². The number of fused-ring (bicyclic) bond motifs is 4. The largest absolute Gasteiger partial charge is 0.474 e. The lowest BCUT2D eigenvalue weighted by atomic mass is 9.98. The minimum Gasteiger partial charge on any atom is -0.474 e. The van der Waals surface area contributed by atoms with Crippen molar-refractivity contribution in [2.45, 2.75) is 44.5 Å². The first-order valence-corrected chi connectivity index (χ1v) is 12.1. The lowest BCUT2D eigenvalue weighted by molar-refractivity contribution is 0.133. The summed E-state index contributed by atoms with van der Waals surface area (Å²) in [7, 11) is 5.93. The van der Waals surface area contributed by atoms with Gasteiger partial charge in [0.15, 0.2) is 0 Å². The van der Waals surface area contributed by atoms with E-state index in [1.54, 1.807) is 0 Å². The maximum absolute atomic E-state index is 9.56. The highest BCUT2D eigenvalue weighted by molar-refractivity contribution is 6.31. The van der Waals surface area contributed by atoms with Gasteiger partial charge >= 0.3 is 0 Å². The summed E-state index contributed by atoms with van der Waals surface area (Å²) in [5, 5.41) is 13.9. The lowest BCUT2D eigenvalue weighted by Gasteiger charge is -2.43. The summed E-state index contributed by atoms with van der Waals surface area (Å²) in [6.07, 6.45) is 2.30. The van der Waals surface area contributed by atoms with Gasteiger partial charge in [0.1, 0.15) is 20.0 Å². The number of hydrogen-bond acceptors (Lipinski definition) is 7. The van der Waals surface area contributed by atoms with E-state index < -0.39 is 0 Å². The van der Waals surface area contributed by atoms with Gasteiger partial charge < -0.3 is 15.0 Å². The molecule has 8 heteroatoms. The zero-order chi connectivity index (χ0) is 23.2. The number of aromatic nitrogens is 2. The van der Waals surface area contributed by atoms with E-state index >= 15 is 0 Å². The molecular formula is C26H27BN6O. The molecule has 5 heterocycles. The van der Waals surface area contributed by atoms with Crippen molar-refractivity contribution in [3.63, 3.8) is 0 Å². The minimum absolute atomic E-state index is 0.248. The van der Waals surface area contributed by atoms with E-state index in [1.807, 2.05) is 30.3 Å². The molecule has 2 radical (unpaired) electrons. The van der Waals surface area contributed by atoms with Gasteiger partial charge in [0, 0.05) is 42.8 Å². The number of piperazine rings is 1. The van der Waals surface area contributed by atoms with Crippen molar-refractivity contribution in [2.24, 2.45) is 0 Å². The third-order valence-electron chi connectivity index (χ3n) is 7.41. The van der Waals surface area contributed by atoms with Crippen LogP contribution in [-0.2, 0) is 6.54 Å². The van der Waals surface area contributed by atoms with Crippen LogP contribution in [0.2, 0.25) is 0 Å². The van der Waals surface area contributed by atoms with E-state index in [0.717, 1.165) is 68.2 Å². The molecule has 34 heavy (non-hydrogen) atoms. The normalized spacial score (nSPS) is 22.9. The van der Waals surface area contributed by atoms with E-state index in [-0.39, 0.29) is 12.1 Å². The van der Waals surface area contributed by atoms with Crippen LogP contribution in [0.5, 0.6) is 5.88 Å². The van der Waals surface area contributed by atoms with E-state index in [4.69, 9.17) is 17.6 Å². The van der Waals surface area contributed by atoms with E-state index in [0.29, 0.717) is 22.7 Å². The molecule has 6 rings (SSSR count). The molecule has 0 amide bonds. The van der Waals surface area contributed by atoms with Gasteiger partial charge in [-0.3, -0.25) is 9.88 Å². The second-order valence-electron chi connectivity index (χ2n) is 9.57. The van der Waals surface area contributed by atoms with Gasteiger partial charge in [-0.2, -0.15) is 5.26 Å². The van der Waals surface area contributed by atoms with Crippen molar-refractivity contribution in [1.82, 2.24) is 20.2 Å². The van der Waals surface area contributed by atoms with Crippen LogP contribution in [0.1, 0.15) is 42.6 Å². The molecule has 3 aliphatic rings. The molecule has 2 aromatic heterocycles. The van der Waals surface area contributed by atoms with Crippen LogP contribution >= 0.6 is 0 Å². The Labute approximate surface area is 201 Å². The second-order valence-corrected chi connectivity index (χ2v) is 9.57. The fourth-order valence-corrected chi connectivity index (χ4v) is 5.69. The average molecular weight is 450 g/mol. The van der Waals surface area contributed by atoms with Crippen LogP contribution in [-0.4, -0.2) is 61.0 Å². The maximum atomic E-state index is 9.56. The Kier molecular flexibility index (Phi) is 5.39. The Bertz CT molecular complexity index is 1280. The number of nitriles is 1. The number of nitrogens with zero attached hydrogens (tertiary/aromatic N) is 5. The summed E-state index contributed by atoms with van der Waals surface area (Å²) in [6.45, 7) is 6.90. The van der Waals surface area contributed by atoms with E-state index in [1.165, 1.54) is 5.56 Å². The van der Waals surface area contributed by atoms with Gasteiger partial charge in [-0.05, 0) is 62.2 Å². The number of benzene rings is 1. The summed E-state index contributed by atoms with van der Waals surface area (Å²) in [6, 6.07) is 14.8. The highest BCUT2D eigenvalue weighted by Crippen LogP contribution is 2.41. The summed E-state index contributed by atoms with van der Waals surface area (Å²) in [5.41, 5.74) is 5.16. The highest BCUT2D eigenvalue weighted by atomic mass is 16.5. The first-order chi connectivity index (χ1) is 16.6. The van der Waals surface area contributed by atoms with Crippen LogP contribution in [0.15, 0.2) is 36.4 Å². The number of ether oxygens (including phenoxy) is 1. The molecule has 0 unspecified atom stereocenters. The summed E-state index contributed by atoms with van der Waals surface area (Å²) in [5.74, 6) is 0.747. The third-order valence-corrected chi connectivity index (χ3v) is 7.41. The fraction of sp³-hybridized carbons (Fsp3) is 0.423. The van der Waals surface area contributed by atoms with Crippen LogP contribution in [0.4, 0.5) is 5.69 Å². The van der Waals surface area contributed by atoms with Crippen molar-refractivity contribution in [3.8, 4) is 11.9 Å². The molecule has 3 aromatic rings. The lowest BCUT2D eigenvalue weighted by Crippen LogP contribution is -2.51. The van der Waals surface area contributed by atoms with E-state index in [2.05, 4.69) is 39.2 Å². The zero-order valence-electron chi connectivity index (χ0n) is 19.4. The molecule has 2 atom stereocenters. The predicted molar refractivity (Wildman–Crippen MR) is 133 cm³/mol. The van der Waals surface area contributed by atoms with Crippen molar-refractivity contribution >= 4 is 30.0 Å². The molecular weight excluding hydrogens is 423 g/mol. The number of anilines is 1. The molecule has 2 fully saturated rings. The molecule has 2 saturated heterocycles. The molecule has 0 aliphatic carbocycles. The molecule has 1 N–H and O–H groups in total. The Balaban J connectivity index is 1.29. The number of rotatable bonds is 3. The zero-order valence-corrected chi connectivity index (χ0v) is 19.4. The van der Waals surface area contributed by atoms with Crippen molar-refractivity contribution < 1.29 is 4.74 Å². The Hall–Kier alpha value is -3.15. The standard InChI is InChI=1S/C26H27BN6O/c1-16-13-32(22-5-2-17(12-28)26-20(22)3-6-24(27)31-26)15-23-19-4-7-25(30-21(19)14-33(16)23)34-18-8-10-29-11-9-18/h2-7,16,18,23,29H,8-11,13-15H2,1H3/t16-,23-/m1/s1. The molecule has 0 saturated carbocycles. The van der Waals surface area contributed by atoms with Crippen molar-refractivity contribution in [1.29, 1.82) is 5.26 Å². The number of piperidine rings is 1. The van der Waals surface area contributed by atoms with Crippen LogP contribution < -0.4 is 20.5 Å². The second kappa shape index (κ2) is 8.57. The summed E-state index contributed by atoms with van der Waals surface area (Å²) < 4.78 is 6.21. The summed E-state index contributed by atoms with van der Waals surface area (Å²) in [4.78, 5) is 14.4. The maximum Gasteiger partial charge on any atom is 0.213 e. The van der Waals surface area contributed by atoms with Crippen LogP contribution in [0.25, 0.3) is 10.9 Å². The van der Waals surface area contributed by atoms with Crippen LogP contribution in [0.3, 0.4) is 0 Å². The van der Waals surface area contributed by atoms with Crippen molar-refractivity contribution in [3.05, 3.63) is 53.2 Å². The number of nitrogens with one attached hydrogen (secondary N) is 1. The Morgan fingerprint density at radius 1 is 1.09 bits per heavy atom. The van der Waals surface area contributed by atoms with Gasteiger partial charge in [0.25, 0.3) is 0 Å². The van der Waals surface area contributed by atoms with Gasteiger partial charge in [0.05, 0.1) is 22.8 Å². The van der Waals surface area contributed by atoms with Gasteiger partial charge in [-0.25, -0.2) is 4.98 Å². The van der Waals surface area contributed by atoms with Gasteiger partial charge in [-0.15, -0.1) is 0 Å². The molecule has 0 spiro atoms. The molecule has 0 bridgehead atoms. The Morgan fingerprint density at radius 3 is 2.76 bits per heavy atom. The molecule has 7 nitrogen and oxygen atoms in total. The fourth-order valence-electron chi connectivity index (χ4n) is 5.69. The van der Waals surface area contributed by atoms with E-state index in [9.17, 15) is 5.26 Å². The highest BCUT2D eigenvalue weighted by Gasteiger charge is 2.40. The first kappa shape index (κ1) is 21.4. The SMILES string of the molecule is [B]c1ccc2c(N3C[C@@H](C)N4Cc5nc(OC6CCNCC6)ccc5[C@H]4C3)ccc(C#N)c2n1. The monoisotopic (exact) mass is 450 g/mol. The minimum atomic E-state index is 0.248. The first-order valence-electron chi connectivity index (χ1n) is 12.1. The summed E-state index contributed by atoms with van der Waals surface area (Å²) >= 11 is 0. The predicted octanol–water partition coefficient (Wildman–Crippen LogP) is 2.19. The molecule has 3 aliphatic heterocycles. The number of hydrogen-bond donors (Lipinski definition) is 1. The average Bonchev–Trinajstić information content (AvgIpc) is 3.22. The van der Waals surface area contributed by atoms with Crippen LogP contribution in [0, 0.1) is 11.3 Å². The van der Waals surface area contributed by atoms with Crippen molar-refractivity contribution in [2.75, 3.05) is 31.1 Å². The third kappa shape index (κ3) is 3.69. The Morgan fingerprint density at radius 2 is 1.94 bits per heavy atom. The number of pyridine rings is 2. The molecule has 170 valence electrons. The smallest absolute Gasteiger partial charge is 0.213 e. The van der Waals surface area contributed by atoms with Gasteiger partial charge in [-0.1, -0.05) is 12.1 Å². The topological polar surface area (TPSA) is 77.3 Å².